The van der Waals surface area contributed by atoms with Crippen LogP contribution < -0.4 is 10.6 Å². The van der Waals surface area contributed by atoms with Gasteiger partial charge in [0.25, 0.3) is 0 Å². The SMILES string of the molecule is O=C(CCNC(=O)C12CC3OC(=O)C1N(Cc1cccc(C=COCCO)c1)OC2C1OC2(Cc4ccccc4C2)OC31)NCCO. The highest BCUT2D eigenvalue weighted by atomic mass is 16.8. The van der Waals surface area contributed by atoms with E-state index in [0.717, 1.165) is 22.3 Å². The van der Waals surface area contributed by atoms with Crippen molar-refractivity contribution in [3.05, 3.63) is 77.0 Å². The number of amides is 2. The van der Waals surface area contributed by atoms with E-state index < -0.39 is 53.5 Å². The van der Waals surface area contributed by atoms with Gasteiger partial charge in [-0.3, -0.25) is 19.2 Å². The van der Waals surface area contributed by atoms with E-state index in [1.54, 1.807) is 6.08 Å². The van der Waals surface area contributed by atoms with Crippen molar-refractivity contribution in [3.8, 4) is 0 Å². The van der Waals surface area contributed by atoms with Gasteiger partial charge in [-0.15, -0.1) is 0 Å². The van der Waals surface area contributed by atoms with Crippen LogP contribution in [0.4, 0.5) is 0 Å². The van der Waals surface area contributed by atoms with Crippen LogP contribution in [0.3, 0.4) is 0 Å². The number of carbonyl (C=O) groups is 3. The largest absolute Gasteiger partial charge is 0.499 e. The number of fused-ring (bicyclic) bond motifs is 5. The molecule has 6 atom stereocenters. The first-order valence-electron chi connectivity index (χ1n) is 16.1. The normalized spacial score (nSPS) is 29.8. The molecule has 7 rings (SSSR count). The van der Waals surface area contributed by atoms with Gasteiger partial charge in [-0.25, -0.2) is 0 Å². The number of esters is 1. The topological polar surface area (TPSA) is 165 Å². The highest BCUT2D eigenvalue weighted by Gasteiger charge is 2.76. The summed E-state index contributed by atoms with van der Waals surface area (Å²) in [5.74, 6) is -2.27. The second kappa shape index (κ2) is 13.0. The van der Waals surface area contributed by atoms with Crippen molar-refractivity contribution in [3.63, 3.8) is 0 Å². The zero-order valence-corrected chi connectivity index (χ0v) is 25.8. The first kappa shape index (κ1) is 31.7. The second-order valence-corrected chi connectivity index (χ2v) is 12.6. The monoisotopic (exact) mass is 649 g/mol. The average molecular weight is 650 g/mol. The van der Waals surface area contributed by atoms with Crippen LogP contribution >= 0.6 is 0 Å². The number of hydroxylamine groups is 2. The summed E-state index contributed by atoms with van der Waals surface area (Å²) < 4.78 is 24.7. The van der Waals surface area contributed by atoms with Crippen molar-refractivity contribution in [2.24, 2.45) is 5.41 Å². The molecule has 2 aromatic carbocycles. The Bertz CT molecular complexity index is 1520. The van der Waals surface area contributed by atoms with Crippen molar-refractivity contribution in [2.45, 2.75) is 68.5 Å². The van der Waals surface area contributed by atoms with Gasteiger partial charge < -0.3 is 39.8 Å². The lowest BCUT2D eigenvalue weighted by atomic mass is 9.62. The van der Waals surface area contributed by atoms with Gasteiger partial charge in [0, 0.05) is 38.8 Å². The maximum Gasteiger partial charge on any atom is 0.327 e. The Morgan fingerprint density at radius 1 is 1.00 bits per heavy atom. The first-order valence-corrected chi connectivity index (χ1v) is 16.1. The third-order valence-corrected chi connectivity index (χ3v) is 9.64. The zero-order valence-electron chi connectivity index (χ0n) is 25.8. The quantitative estimate of drug-likeness (QED) is 0.143. The van der Waals surface area contributed by atoms with Gasteiger partial charge >= 0.3 is 5.97 Å². The van der Waals surface area contributed by atoms with Gasteiger partial charge in [0.15, 0.2) is 11.8 Å². The maximum atomic E-state index is 14.3. The average Bonchev–Trinajstić information content (AvgIpc) is 3.73. The smallest absolute Gasteiger partial charge is 0.327 e. The van der Waals surface area contributed by atoms with Crippen LogP contribution in [0, 0.1) is 5.41 Å². The number of nitrogens with one attached hydrogen (secondary N) is 2. The minimum absolute atomic E-state index is 0.00492. The molecule has 0 radical (unpaired) electrons. The Hall–Kier alpha value is -3.85. The summed E-state index contributed by atoms with van der Waals surface area (Å²) in [5.41, 5.74) is 2.55. The molecule has 3 saturated heterocycles. The molecule has 2 aromatic rings. The fourth-order valence-corrected chi connectivity index (χ4v) is 7.72. The zero-order chi connectivity index (χ0) is 32.6. The molecule has 0 aromatic heterocycles. The van der Waals surface area contributed by atoms with Crippen LogP contribution in [0.25, 0.3) is 6.08 Å². The lowest BCUT2D eigenvalue weighted by Crippen LogP contribution is -2.69. The Balaban J connectivity index is 1.17. The van der Waals surface area contributed by atoms with Crippen molar-refractivity contribution >= 4 is 23.9 Å². The molecule has 13 heteroatoms. The predicted molar refractivity (Wildman–Crippen MR) is 164 cm³/mol. The third kappa shape index (κ3) is 5.81. The molecule has 3 heterocycles. The molecule has 6 unspecified atom stereocenters. The number of hydrogen-bond donors (Lipinski definition) is 4. The highest BCUT2D eigenvalue weighted by molar-refractivity contribution is 5.94. The Morgan fingerprint density at radius 3 is 2.55 bits per heavy atom. The van der Waals surface area contributed by atoms with Crippen molar-refractivity contribution in [1.29, 1.82) is 0 Å². The summed E-state index contributed by atoms with van der Waals surface area (Å²) in [7, 11) is 0. The summed E-state index contributed by atoms with van der Waals surface area (Å²) in [4.78, 5) is 47.0. The summed E-state index contributed by atoms with van der Waals surface area (Å²) in [6, 6.07) is 14.6. The summed E-state index contributed by atoms with van der Waals surface area (Å²) in [5, 5.41) is 25.0. The van der Waals surface area contributed by atoms with E-state index in [-0.39, 0.29) is 58.2 Å². The fraction of sp³-hybridized carbons (Fsp3) is 0.500. The molecule has 47 heavy (non-hydrogen) atoms. The number of ether oxygens (including phenoxy) is 4. The highest BCUT2D eigenvalue weighted by Crippen LogP contribution is 2.58. The Kier molecular flexibility index (Phi) is 8.76. The maximum absolute atomic E-state index is 14.3. The molecule has 1 spiro atoms. The van der Waals surface area contributed by atoms with E-state index in [1.807, 2.05) is 36.4 Å². The summed E-state index contributed by atoms with van der Waals surface area (Å²) in [6.07, 6.45) is 1.60. The summed E-state index contributed by atoms with van der Waals surface area (Å²) in [6.45, 7) is 0.239. The molecule has 3 aliphatic heterocycles. The molecule has 4 N–H and O–H groups in total. The number of aliphatic hydroxyl groups excluding tert-OH is 2. The molecule has 2 aliphatic carbocycles. The third-order valence-electron chi connectivity index (χ3n) is 9.64. The molecule has 2 bridgehead atoms. The molecule has 1 saturated carbocycles. The van der Waals surface area contributed by atoms with Gasteiger partial charge in [0.05, 0.1) is 26.0 Å². The number of carbonyl (C=O) groups excluding carboxylic acids is 3. The number of benzene rings is 2. The van der Waals surface area contributed by atoms with Gasteiger partial charge in [-0.1, -0.05) is 48.5 Å². The molecule has 5 aliphatic rings. The van der Waals surface area contributed by atoms with E-state index in [4.69, 9.17) is 34.0 Å². The molecule has 4 fully saturated rings. The minimum Gasteiger partial charge on any atom is -0.499 e. The lowest BCUT2D eigenvalue weighted by molar-refractivity contribution is -0.217. The van der Waals surface area contributed by atoms with Gasteiger partial charge in [0.1, 0.15) is 36.4 Å². The van der Waals surface area contributed by atoms with Crippen LogP contribution in [0.5, 0.6) is 0 Å². The molecular weight excluding hydrogens is 610 g/mol. The lowest BCUT2D eigenvalue weighted by Gasteiger charge is -2.48. The molecule has 250 valence electrons. The number of nitrogens with zero attached hydrogens (tertiary/aromatic N) is 1. The predicted octanol–water partition coefficient (Wildman–Crippen LogP) is 0.360. The van der Waals surface area contributed by atoms with E-state index in [1.165, 1.54) is 11.3 Å². The number of aliphatic hydroxyl groups is 2. The minimum atomic E-state index is -1.36. The van der Waals surface area contributed by atoms with Gasteiger partial charge in [-0.05, 0) is 28.3 Å². The van der Waals surface area contributed by atoms with Gasteiger partial charge in [0.2, 0.25) is 11.8 Å². The number of rotatable bonds is 12. The van der Waals surface area contributed by atoms with Crippen LogP contribution in [-0.2, 0) is 57.6 Å². The van der Waals surface area contributed by atoms with E-state index >= 15 is 0 Å². The van der Waals surface area contributed by atoms with Gasteiger partial charge in [-0.2, -0.15) is 5.06 Å². The second-order valence-electron chi connectivity index (χ2n) is 12.6. The Morgan fingerprint density at radius 2 is 1.79 bits per heavy atom. The molecular formula is C34H39N3O10. The first-order chi connectivity index (χ1) is 22.9. The van der Waals surface area contributed by atoms with Crippen molar-refractivity contribution in [2.75, 3.05) is 32.9 Å². The Labute approximate surface area is 271 Å². The molecule has 13 nitrogen and oxygen atoms in total. The van der Waals surface area contributed by atoms with E-state index in [2.05, 4.69) is 22.8 Å². The number of hydrogen-bond acceptors (Lipinski definition) is 11. The van der Waals surface area contributed by atoms with E-state index in [0.29, 0.717) is 12.8 Å². The van der Waals surface area contributed by atoms with Crippen molar-refractivity contribution in [1.82, 2.24) is 15.7 Å². The standard InChI is InChI=1S/C34H39N3O10/c38-12-11-35-26(40)8-10-36-32(42)34-19-25-27-28(46-33(45-27)17-23-6-1-2-7-24(23)18-33)30(34)47-37(29(34)31(41)44-25)20-22-5-3-4-21(16-22)9-14-43-15-13-39/h1-7,9,14,16,25,27-30,38-39H,8,10-13,15,17-20H2,(H,35,40)(H,36,42). The van der Waals surface area contributed by atoms with Crippen LogP contribution in [-0.4, -0.2) is 102 Å². The van der Waals surface area contributed by atoms with Crippen LogP contribution in [0.1, 0.15) is 35.1 Å². The van der Waals surface area contributed by atoms with Crippen LogP contribution in [0.15, 0.2) is 54.8 Å². The summed E-state index contributed by atoms with van der Waals surface area (Å²) >= 11 is 0. The van der Waals surface area contributed by atoms with E-state index in [9.17, 15) is 14.4 Å². The molecule has 2 amide bonds. The van der Waals surface area contributed by atoms with Crippen molar-refractivity contribution < 1.29 is 48.4 Å². The fourth-order valence-electron chi connectivity index (χ4n) is 7.72. The van der Waals surface area contributed by atoms with Crippen LogP contribution in [0.2, 0.25) is 0 Å².